The first kappa shape index (κ1) is 120. The van der Waals surface area contributed by atoms with Gasteiger partial charge in [-0.25, -0.2) is 9.59 Å². The number of halogens is 1. The minimum atomic E-state index is -2.12. The highest BCUT2D eigenvalue weighted by molar-refractivity contribution is 14.1. The van der Waals surface area contributed by atoms with Gasteiger partial charge in [-0.3, -0.25) is 52.9 Å². The number of hydrogen-bond donors (Lipinski definition) is 12. The number of allylic oxidation sites excluding steroid dienone is 3. The molecule has 21 atom stereocenters. The van der Waals surface area contributed by atoms with Crippen molar-refractivity contribution < 1.29 is 149 Å². The number of thioether (sulfide) groups is 1. The van der Waals surface area contributed by atoms with E-state index in [4.69, 9.17) is 72.2 Å². The fourth-order valence-corrected chi connectivity index (χ4v) is 21.9. The number of benzene rings is 2. The Bertz CT molecular complexity index is 5010. The first-order chi connectivity index (χ1) is 69.0. The molecule has 2 bridgehead atoms. The summed E-state index contributed by atoms with van der Waals surface area (Å²) in [6, 6.07) is 3.90. The topological polar surface area (TPSA) is 537 Å². The summed E-state index contributed by atoms with van der Waals surface area (Å²) in [5.74, 6) is 8.16. The molecule has 5 heterocycles. The number of hydrogen-bond acceptors (Lipinski definition) is 35. The molecule has 7 aliphatic rings. The maximum atomic E-state index is 14.5. The van der Waals surface area contributed by atoms with Crippen molar-refractivity contribution in [2.75, 3.05) is 97.7 Å². The van der Waals surface area contributed by atoms with Gasteiger partial charge in [-0.1, -0.05) is 102 Å². The summed E-state index contributed by atoms with van der Waals surface area (Å²) in [4.78, 5) is 163. The molecule has 0 aromatic heterocycles. The lowest BCUT2D eigenvalue weighted by atomic mass is 9.72. The molecule has 0 radical (unpaired) electrons. The molecule has 4 saturated heterocycles. The van der Waals surface area contributed by atoms with Crippen molar-refractivity contribution in [3.05, 3.63) is 97.2 Å². The Morgan fingerprint density at radius 1 is 0.731 bits per heavy atom. The maximum absolute atomic E-state index is 14.5. The van der Waals surface area contributed by atoms with Gasteiger partial charge in [0.15, 0.2) is 36.0 Å². The summed E-state index contributed by atoms with van der Waals surface area (Å²) in [5.41, 5.74) is 8.50. The third-order valence-electron chi connectivity index (χ3n) is 25.6. The number of ketones is 4. The SMILES string of the molecule is COc1c(C)c(OC2OC(C)C(O)C(OC)C2O)c(I)c(C)c1C(=O)SC1C(O)CC(ONC2C(C)OC(O[C@H]3C#C/C=C\C#C[C@]4(O)CC(=O)C(CC(C)=O)=C3/C4=C/CSSC(C)(C)CCC(=O)NCCCOCCOCCOCCCNC(=O)OCc3ccc(NC(=O)[C@H](CCCNC(N)=O)CC(=O)[C@@H](NC(=O)CCCCCN4C(=O)C=CC4=O)C(C)C)cc3)C(OC3CC(C)C(CC(C)=O)CO3)C2O)OC1C. The highest BCUT2D eigenvalue weighted by atomic mass is 127. The number of alkyl carbamates (subject to hydrolysis) is 1. The van der Waals surface area contributed by atoms with Crippen LogP contribution in [0.25, 0.3) is 0 Å². The quantitative estimate of drug-likeness (QED) is 0.00742. The maximum Gasteiger partial charge on any atom is 0.407 e. The number of nitrogens with two attached hydrogens (primary N) is 1. The summed E-state index contributed by atoms with van der Waals surface area (Å²) in [5, 5.41) is 71.6. The van der Waals surface area contributed by atoms with E-state index in [-0.39, 0.29) is 182 Å². The molecule has 0 spiro atoms. The van der Waals surface area contributed by atoms with Crippen LogP contribution < -0.4 is 47.3 Å². The minimum Gasteiger partial charge on any atom is -0.496 e. The fourth-order valence-electron chi connectivity index (χ4n) is 17.5. The van der Waals surface area contributed by atoms with Crippen LogP contribution in [0.2, 0.25) is 0 Å². The summed E-state index contributed by atoms with van der Waals surface area (Å²) in [7, 11) is 5.70. The number of fused-ring (bicyclic) bond motifs is 2. The number of aliphatic hydroxyl groups excluding tert-OH is 4. The van der Waals surface area contributed by atoms with Crippen molar-refractivity contribution in [1.82, 2.24) is 31.6 Å². The van der Waals surface area contributed by atoms with Gasteiger partial charge in [-0.2, -0.15) is 5.48 Å². The van der Waals surface area contributed by atoms with Gasteiger partial charge in [0.25, 0.3) is 11.8 Å². The highest BCUT2D eigenvalue weighted by Gasteiger charge is 2.53. The Morgan fingerprint density at radius 2 is 1.40 bits per heavy atom. The number of carbonyl (C=O) groups excluding carboxylic acids is 12. The number of methoxy groups -OCH3 is 2. The zero-order valence-corrected chi connectivity index (χ0v) is 89.4. The van der Waals surface area contributed by atoms with Crippen molar-refractivity contribution in [3.63, 3.8) is 0 Å². The van der Waals surface area contributed by atoms with E-state index in [9.17, 15) is 83.1 Å². The van der Waals surface area contributed by atoms with Crippen molar-refractivity contribution in [1.29, 1.82) is 0 Å². The number of unbranched alkanes of at least 4 members (excludes halogenated alkanes) is 2. The Balaban J connectivity index is 0.688. The molecule has 5 aliphatic heterocycles. The molecule has 39 nitrogen and oxygen atoms in total. The Labute approximate surface area is 872 Å². The number of primary amides is 1. The van der Waals surface area contributed by atoms with E-state index >= 15 is 0 Å². The molecule has 2 aliphatic carbocycles. The van der Waals surface area contributed by atoms with Gasteiger partial charge in [0, 0.05) is 148 Å². The van der Waals surface area contributed by atoms with Crippen molar-refractivity contribution in [2.45, 2.75) is 306 Å². The van der Waals surface area contributed by atoms with Crippen LogP contribution in [0, 0.1) is 64.8 Å². The molecule has 43 heteroatoms. The molecule has 13 N–H and O–H groups in total. The lowest BCUT2D eigenvalue weighted by Gasteiger charge is -2.46. The number of ether oxygens (including phenoxy) is 13. The average molecular weight is 2200 g/mol. The van der Waals surface area contributed by atoms with Crippen molar-refractivity contribution in [3.8, 4) is 35.2 Å². The second-order valence-corrected chi connectivity index (χ2v) is 43.3. The molecule has 145 heavy (non-hydrogen) atoms. The number of anilines is 1. The third-order valence-corrected chi connectivity index (χ3v) is 31.5. The number of urea groups is 1. The van der Waals surface area contributed by atoms with Crippen LogP contribution in [0.3, 0.4) is 0 Å². The lowest BCUT2D eigenvalue weighted by molar-refractivity contribution is -0.335. The van der Waals surface area contributed by atoms with Crippen LogP contribution in [0.15, 0.2) is 71.4 Å². The lowest BCUT2D eigenvalue weighted by Crippen LogP contribution is -2.64. The van der Waals surface area contributed by atoms with Crippen LogP contribution in [0.4, 0.5) is 15.3 Å². The van der Waals surface area contributed by atoms with E-state index in [0.29, 0.717) is 117 Å². The van der Waals surface area contributed by atoms with Gasteiger partial charge in [0.2, 0.25) is 29.1 Å². The molecule has 2 aromatic carbocycles. The first-order valence-electron chi connectivity index (χ1n) is 49.2. The Kier molecular flexibility index (Phi) is 49.2. The number of amides is 8. The number of Topliss-reactive ketones (excluding diaryl/α,β-unsaturated/α-hetero) is 4. The summed E-state index contributed by atoms with van der Waals surface area (Å²) >= 11 is 2.90. The normalized spacial score (nSPS) is 26.6. The molecule has 9 rings (SSSR count). The standard InChI is InChI=1S/C102H143IN8O31S3/c1-57(2)85(109-77(118)27-19-17-21-41-111-78(119)32-33-79(111)120)72(114)52-67(25-22-38-106-99(104)126)95(124)108-69-30-28-66(29-31-69)55-135-100(127)107-40-24-43-132-45-47-133-46-44-131-42-23-39-105-76(117)34-37-101(11,12)145-143-48-35-71-83-70(51-60(5)113)74(116)54-102(71,128)36-20-16-15-18-26-75(83)139-98-93(140-80-49-58(3)68(56-134-80)50-59(4)112)88(122)86(63(8)137-98)110-142-81-53-73(115)94(65(10)136-81)144-96(125)82-61(6)84(103)91(62(7)90(82)129-13)141-97-89(123)92(130-14)87(121)64(9)138-97/h15-16,28-33,35,57-58,63-65,67-68,73,75,80-81,85-89,92-94,97-98,110,115,121-123,128H,17,19,21-25,27,34,37-56H2,1-14H3,(H,105,117)(H,107,127)(H,108,124)(H,109,118)(H3,104,106,126)/b16-15-,71-35-/t58?,63?,64?,65?,67-,68?,73?,75+,80?,81?,85+,86?,87?,88?,89?,92?,93?,94?,97?,98?,102+/m1/s1. The van der Waals surface area contributed by atoms with E-state index in [0.717, 1.165) is 16.7 Å². The highest BCUT2D eigenvalue weighted by Crippen LogP contribution is 2.47. The minimum absolute atomic E-state index is 0.0111. The van der Waals surface area contributed by atoms with Crippen molar-refractivity contribution in [2.24, 2.45) is 29.4 Å². The van der Waals surface area contributed by atoms with Crippen LogP contribution >= 0.6 is 55.9 Å². The van der Waals surface area contributed by atoms with E-state index < -0.39 is 155 Å². The van der Waals surface area contributed by atoms with Gasteiger partial charge in [0.1, 0.15) is 66.3 Å². The first-order valence-corrected chi connectivity index (χ1v) is 53.5. The summed E-state index contributed by atoms with van der Waals surface area (Å²) in [6.07, 6.45) is -6.90. The molecule has 4 fully saturated rings. The summed E-state index contributed by atoms with van der Waals surface area (Å²) < 4.78 is 78.8. The van der Waals surface area contributed by atoms with Gasteiger partial charge < -0.3 is 124 Å². The molecule has 17 unspecified atom stereocenters. The largest absolute Gasteiger partial charge is 0.496 e. The number of nitrogens with zero attached hydrogens (tertiary/aromatic N) is 1. The van der Waals surface area contributed by atoms with Crippen LogP contribution in [-0.2, 0) is 107 Å². The van der Waals surface area contributed by atoms with Crippen LogP contribution in [0.1, 0.15) is 199 Å². The second-order valence-electron chi connectivity index (χ2n) is 38.0. The zero-order chi connectivity index (χ0) is 106. The Morgan fingerprint density at radius 3 is 2.05 bits per heavy atom. The van der Waals surface area contributed by atoms with Gasteiger partial charge in [-0.05, 0) is 183 Å². The molecule has 2 aromatic rings. The van der Waals surface area contributed by atoms with E-state index in [1.165, 1.54) is 74.0 Å². The third kappa shape index (κ3) is 36.5. The number of aliphatic hydroxyl groups is 5. The van der Waals surface area contributed by atoms with Crippen molar-refractivity contribution >= 4 is 132 Å². The van der Waals surface area contributed by atoms with Gasteiger partial charge in [-0.15, -0.1) is 0 Å². The average Bonchev–Trinajstić information content (AvgIpc) is 1.15. The van der Waals surface area contributed by atoms with Gasteiger partial charge >= 0.3 is 12.1 Å². The van der Waals surface area contributed by atoms with E-state index in [2.05, 4.69) is 55.7 Å². The zero-order valence-electron chi connectivity index (χ0n) is 84.8. The molecule has 0 saturated carbocycles. The molecular formula is C102H143IN8O31S3. The predicted molar refractivity (Wildman–Crippen MR) is 546 cm³/mol. The fraction of sp³-hybridized carbons (Fsp3) is 0.647. The van der Waals surface area contributed by atoms with E-state index in [1.54, 1.807) is 78.8 Å². The monoisotopic (exact) mass is 2200 g/mol. The number of nitrogens with one attached hydrogen (secondary N) is 6. The van der Waals surface area contributed by atoms with Crippen LogP contribution in [0.5, 0.6) is 11.5 Å². The Hall–Kier alpha value is -8.34. The number of hydroxylamine groups is 1. The smallest absolute Gasteiger partial charge is 0.407 e. The number of carbonyl (C=O) groups is 12. The van der Waals surface area contributed by atoms with Gasteiger partial charge in [0.05, 0.1) is 97.4 Å². The number of imide groups is 1. The van der Waals surface area contributed by atoms with E-state index in [1.807, 2.05) is 43.4 Å². The molecular weight excluding hydrogens is 2060 g/mol. The second kappa shape index (κ2) is 59.3. The molecule has 802 valence electrons. The number of rotatable bonds is 57. The van der Waals surface area contributed by atoms with Crippen LogP contribution in [-0.4, -0.2) is 307 Å². The molecule has 8 amide bonds. The predicted octanol–water partition coefficient (Wildman–Crippen LogP) is 8.14. The summed E-state index contributed by atoms with van der Waals surface area (Å²) in [6.45, 7) is 23.9.